The van der Waals surface area contributed by atoms with E-state index in [4.69, 9.17) is 0 Å². The fourth-order valence-electron chi connectivity index (χ4n) is 3.97. The first-order valence-corrected chi connectivity index (χ1v) is 7.89. The Labute approximate surface area is 112 Å². The van der Waals surface area contributed by atoms with Crippen LogP contribution in [0.15, 0.2) is 0 Å². The number of hydrogen-bond acceptors (Lipinski definition) is 3. The third kappa shape index (κ3) is 2.73. The maximum absolute atomic E-state index is 2.78. The average Bonchev–Trinajstić information content (AvgIpc) is 2.36. The van der Waals surface area contributed by atoms with Gasteiger partial charge in [-0.15, -0.1) is 0 Å². The first-order valence-electron chi connectivity index (χ1n) is 7.89. The summed E-state index contributed by atoms with van der Waals surface area (Å²) in [6.45, 7) is 10.3. The zero-order valence-electron chi connectivity index (χ0n) is 12.1. The molecule has 2 heterocycles. The Balaban J connectivity index is 1.42. The number of hydrogen-bond donors (Lipinski definition) is 0. The molecule has 0 spiro atoms. The molecule has 0 aromatic heterocycles. The highest BCUT2D eigenvalue weighted by molar-refractivity contribution is 4.90. The van der Waals surface area contributed by atoms with Crippen LogP contribution in [0.5, 0.6) is 0 Å². The van der Waals surface area contributed by atoms with Crippen molar-refractivity contribution in [3.8, 4) is 0 Å². The van der Waals surface area contributed by atoms with Crippen molar-refractivity contribution >= 4 is 0 Å². The molecule has 18 heavy (non-hydrogen) atoms. The molecule has 1 saturated carbocycles. The molecule has 3 nitrogen and oxygen atoms in total. The molecule has 0 N–H and O–H groups in total. The lowest BCUT2D eigenvalue weighted by atomic mass is 9.86. The minimum atomic E-state index is 0.864. The lowest BCUT2D eigenvalue weighted by Crippen LogP contribution is -2.62. The number of likely N-dealkylation sites (N-methyl/N-ethyl adjacent to an activating group) is 1. The SMILES string of the molecule is CC1CCC(N2CCN(C3CN(C)C3)CC2)CC1. The third-order valence-electron chi connectivity index (χ3n) is 5.41. The molecule has 3 fully saturated rings. The van der Waals surface area contributed by atoms with Gasteiger partial charge in [-0.1, -0.05) is 6.92 Å². The summed E-state index contributed by atoms with van der Waals surface area (Å²) in [4.78, 5) is 7.94. The van der Waals surface area contributed by atoms with Crippen molar-refractivity contribution in [2.75, 3.05) is 46.3 Å². The van der Waals surface area contributed by atoms with Crippen LogP contribution >= 0.6 is 0 Å². The smallest absolute Gasteiger partial charge is 0.0351 e. The Morgan fingerprint density at radius 1 is 0.722 bits per heavy atom. The van der Waals surface area contributed by atoms with E-state index in [1.165, 1.54) is 65.0 Å². The van der Waals surface area contributed by atoms with E-state index in [0.29, 0.717) is 0 Å². The van der Waals surface area contributed by atoms with Crippen molar-refractivity contribution in [2.24, 2.45) is 5.92 Å². The molecule has 0 aromatic rings. The van der Waals surface area contributed by atoms with E-state index >= 15 is 0 Å². The van der Waals surface area contributed by atoms with Gasteiger partial charge in [0.25, 0.3) is 0 Å². The number of likely N-dealkylation sites (tertiary alicyclic amines) is 1. The zero-order valence-corrected chi connectivity index (χ0v) is 12.1. The molecule has 0 radical (unpaired) electrons. The molecule has 0 atom stereocenters. The van der Waals surface area contributed by atoms with E-state index < -0.39 is 0 Å². The topological polar surface area (TPSA) is 9.72 Å². The van der Waals surface area contributed by atoms with Crippen LogP contribution in [0, 0.1) is 5.92 Å². The molecule has 3 aliphatic rings. The van der Waals surface area contributed by atoms with Gasteiger partial charge in [-0.05, 0) is 38.6 Å². The van der Waals surface area contributed by atoms with Crippen molar-refractivity contribution in [3.05, 3.63) is 0 Å². The normalized spacial score (nSPS) is 37.7. The van der Waals surface area contributed by atoms with E-state index in [1.54, 1.807) is 0 Å². The summed E-state index contributed by atoms with van der Waals surface area (Å²) in [5, 5.41) is 0. The second-order valence-corrected chi connectivity index (χ2v) is 6.86. The predicted octanol–water partition coefficient (Wildman–Crippen LogP) is 1.50. The van der Waals surface area contributed by atoms with Gasteiger partial charge >= 0.3 is 0 Å². The molecule has 3 heteroatoms. The highest BCUT2D eigenvalue weighted by atomic mass is 15.3. The highest BCUT2D eigenvalue weighted by Gasteiger charge is 2.33. The van der Waals surface area contributed by atoms with Crippen molar-refractivity contribution in [3.63, 3.8) is 0 Å². The molecule has 104 valence electrons. The minimum Gasteiger partial charge on any atom is -0.303 e. The first kappa shape index (κ1) is 12.9. The van der Waals surface area contributed by atoms with Crippen LogP contribution < -0.4 is 0 Å². The van der Waals surface area contributed by atoms with E-state index in [1.807, 2.05) is 0 Å². The standard InChI is InChI=1S/C15H29N3/c1-13-3-5-14(6-4-13)17-7-9-18(10-8-17)15-11-16(2)12-15/h13-15H,3-12H2,1-2H3. The Kier molecular flexibility index (Phi) is 3.92. The Hall–Kier alpha value is -0.120. The molecule has 3 rings (SSSR count). The van der Waals surface area contributed by atoms with Gasteiger partial charge in [0.05, 0.1) is 0 Å². The van der Waals surface area contributed by atoms with E-state index in [0.717, 1.165) is 18.0 Å². The Bertz CT molecular complexity index is 259. The van der Waals surface area contributed by atoms with Crippen molar-refractivity contribution in [2.45, 2.75) is 44.7 Å². The maximum Gasteiger partial charge on any atom is 0.0351 e. The van der Waals surface area contributed by atoms with Gasteiger partial charge < -0.3 is 4.90 Å². The molecule has 1 aliphatic carbocycles. The van der Waals surface area contributed by atoms with Gasteiger partial charge in [0.15, 0.2) is 0 Å². The highest BCUT2D eigenvalue weighted by Crippen LogP contribution is 2.28. The van der Waals surface area contributed by atoms with E-state index in [2.05, 4.69) is 28.7 Å². The number of piperazine rings is 1. The monoisotopic (exact) mass is 251 g/mol. The van der Waals surface area contributed by atoms with Gasteiger partial charge in [-0.2, -0.15) is 0 Å². The Morgan fingerprint density at radius 3 is 1.72 bits per heavy atom. The summed E-state index contributed by atoms with van der Waals surface area (Å²) in [6.07, 6.45) is 5.82. The predicted molar refractivity (Wildman–Crippen MR) is 75.9 cm³/mol. The average molecular weight is 251 g/mol. The van der Waals surface area contributed by atoms with Gasteiger partial charge in [0.2, 0.25) is 0 Å². The second-order valence-electron chi connectivity index (χ2n) is 6.86. The number of nitrogens with zero attached hydrogens (tertiary/aromatic N) is 3. The van der Waals surface area contributed by atoms with Crippen LogP contribution in [-0.4, -0.2) is 73.1 Å². The van der Waals surface area contributed by atoms with E-state index in [9.17, 15) is 0 Å². The fourth-order valence-corrected chi connectivity index (χ4v) is 3.97. The molecular weight excluding hydrogens is 222 g/mol. The summed E-state index contributed by atoms with van der Waals surface area (Å²) >= 11 is 0. The molecule has 2 saturated heterocycles. The van der Waals surface area contributed by atoms with E-state index in [-0.39, 0.29) is 0 Å². The fraction of sp³-hybridized carbons (Fsp3) is 1.00. The zero-order chi connectivity index (χ0) is 12.5. The molecule has 2 aliphatic heterocycles. The Morgan fingerprint density at radius 2 is 1.22 bits per heavy atom. The summed E-state index contributed by atoms with van der Waals surface area (Å²) in [7, 11) is 2.23. The number of rotatable bonds is 2. The summed E-state index contributed by atoms with van der Waals surface area (Å²) in [6, 6.07) is 1.77. The lowest BCUT2D eigenvalue weighted by molar-refractivity contribution is 0.00112. The van der Waals surface area contributed by atoms with Gasteiger partial charge in [-0.3, -0.25) is 9.80 Å². The van der Waals surface area contributed by atoms with Crippen LogP contribution in [0.2, 0.25) is 0 Å². The molecule has 0 unspecified atom stereocenters. The third-order valence-corrected chi connectivity index (χ3v) is 5.41. The largest absolute Gasteiger partial charge is 0.303 e. The van der Waals surface area contributed by atoms with Crippen LogP contribution in [0.1, 0.15) is 32.6 Å². The quantitative estimate of drug-likeness (QED) is 0.736. The van der Waals surface area contributed by atoms with Gasteiger partial charge in [-0.25, -0.2) is 0 Å². The molecule has 0 aromatic carbocycles. The lowest BCUT2D eigenvalue weighted by Gasteiger charge is -2.48. The summed E-state index contributed by atoms with van der Waals surface area (Å²) < 4.78 is 0. The molecule has 0 amide bonds. The van der Waals surface area contributed by atoms with Crippen LogP contribution in [0.25, 0.3) is 0 Å². The molecule has 0 bridgehead atoms. The minimum absolute atomic E-state index is 0.864. The van der Waals surface area contributed by atoms with Gasteiger partial charge in [0.1, 0.15) is 0 Å². The van der Waals surface area contributed by atoms with Crippen molar-refractivity contribution in [1.29, 1.82) is 0 Å². The molecular formula is C15H29N3. The second kappa shape index (κ2) is 5.48. The van der Waals surface area contributed by atoms with Gasteiger partial charge in [0, 0.05) is 51.4 Å². The first-order chi connectivity index (χ1) is 8.72. The van der Waals surface area contributed by atoms with Crippen molar-refractivity contribution in [1.82, 2.24) is 14.7 Å². The van der Waals surface area contributed by atoms with Crippen LogP contribution in [-0.2, 0) is 0 Å². The van der Waals surface area contributed by atoms with Crippen LogP contribution in [0.3, 0.4) is 0 Å². The van der Waals surface area contributed by atoms with Crippen molar-refractivity contribution < 1.29 is 0 Å². The summed E-state index contributed by atoms with van der Waals surface area (Å²) in [5.41, 5.74) is 0. The van der Waals surface area contributed by atoms with Crippen LogP contribution in [0.4, 0.5) is 0 Å². The summed E-state index contributed by atoms with van der Waals surface area (Å²) in [5.74, 6) is 0.980. The maximum atomic E-state index is 2.78.